The van der Waals surface area contributed by atoms with Gasteiger partial charge in [-0.25, -0.2) is 9.97 Å². The van der Waals surface area contributed by atoms with E-state index in [1.807, 2.05) is 35.7 Å². The van der Waals surface area contributed by atoms with E-state index in [2.05, 4.69) is 22.2 Å². The second-order valence-corrected chi connectivity index (χ2v) is 3.40. The average Bonchev–Trinajstić information content (AvgIpc) is 2.56. The van der Waals surface area contributed by atoms with Gasteiger partial charge in [0.25, 0.3) is 0 Å². The minimum Gasteiger partial charge on any atom is -0.283 e. The van der Waals surface area contributed by atoms with Crippen molar-refractivity contribution in [3.05, 3.63) is 42.2 Å². The Balaban J connectivity index is 2.58. The van der Waals surface area contributed by atoms with Gasteiger partial charge in [-0.3, -0.25) is 4.40 Å². The van der Waals surface area contributed by atoms with Gasteiger partial charge in [-0.1, -0.05) is 12.1 Å². The highest BCUT2D eigenvalue weighted by atomic mass is 15.1. The van der Waals surface area contributed by atoms with Crippen LogP contribution in [0.4, 0.5) is 0 Å². The van der Waals surface area contributed by atoms with Crippen LogP contribution in [0, 0.1) is 6.92 Å². The molecule has 0 N–H and O–H groups in total. The van der Waals surface area contributed by atoms with Crippen LogP contribution in [-0.4, -0.2) is 14.4 Å². The Bertz CT molecular complexity index is 610. The third kappa shape index (κ3) is 0.923. The molecular formula is C11H9N3. The van der Waals surface area contributed by atoms with Crippen molar-refractivity contribution in [2.45, 2.75) is 6.92 Å². The zero-order valence-corrected chi connectivity index (χ0v) is 7.81. The Morgan fingerprint density at radius 3 is 3.00 bits per heavy atom. The van der Waals surface area contributed by atoms with Gasteiger partial charge < -0.3 is 0 Å². The van der Waals surface area contributed by atoms with E-state index in [1.54, 1.807) is 0 Å². The number of fused-ring (bicyclic) bond motifs is 3. The van der Waals surface area contributed by atoms with Crippen molar-refractivity contribution >= 4 is 16.8 Å². The molecular weight excluding hydrogens is 174 g/mol. The molecule has 14 heavy (non-hydrogen) atoms. The number of aromatic nitrogens is 3. The number of aryl methyl sites for hydroxylation is 1. The zero-order valence-electron chi connectivity index (χ0n) is 7.81. The van der Waals surface area contributed by atoms with Crippen LogP contribution in [0.2, 0.25) is 0 Å². The number of nitrogens with zero attached hydrogens (tertiary/aromatic N) is 3. The lowest BCUT2D eigenvalue weighted by molar-refractivity contribution is 1.10. The zero-order chi connectivity index (χ0) is 9.54. The Labute approximate surface area is 81.0 Å². The molecule has 0 unspecified atom stereocenters. The molecule has 0 atom stereocenters. The van der Waals surface area contributed by atoms with Gasteiger partial charge in [0.05, 0.1) is 11.0 Å². The first kappa shape index (κ1) is 7.50. The summed E-state index contributed by atoms with van der Waals surface area (Å²) in [5, 5.41) is 0. The number of hydrogen-bond acceptors (Lipinski definition) is 2. The molecule has 0 aliphatic carbocycles. The maximum absolute atomic E-state index is 4.41. The highest BCUT2D eigenvalue weighted by Crippen LogP contribution is 2.14. The summed E-state index contributed by atoms with van der Waals surface area (Å²) < 4.78 is 2.02. The van der Waals surface area contributed by atoms with Crippen LogP contribution in [0.15, 0.2) is 36.7 Å². The molecule has 3 nitrogen and oxygen atoms in total. The van der Waals surface area contributed by atoms with Crippen LogP contribution in [-0.2, 0) is 0 Å². The summed E-state index contributed by atoms with van der Waals surface area (Å²) in [5.74, 6) is 0.761. The van der Waals surface area contributed by atoms with E-state index in [1.165, 1.54) is 0 Å². The van der Waals surface area contributed by atoms with Gasteiger partial charge in [0.2, 0.25) is 5.78 Å². The SMILES string of the molecule is Cc1cnc2nc3ccccc3n2c1. The van der Waals surface area contributed by atoms with Crippen LogP contribution >= 0.6 is 0 Å². The van der Waals surface area contributed by atoms with Crippen LogP contribution in [0.1, 0.15) is 5.56 Å². The molecule has 0 amide bonds. The fourth-order valence-electron chi connectivity index (χ4n) is 1.65. The van der Waals surface area contributed by atoms with E-state index in [4.69, 9.17) is 0 Å². The second kappa shape index (κ2) is 2.54. The number of benzene rings is 1. The van der Waals surface area contributed by atoms with E-state index in [9.17, 15) is 0 Å². The lowest BCUT2D eigenvalue weighted by Gasteiger charge is -1.95. The Morgan fingerprint density at radius 2 is 2.07 bits per heavy atom. The second-order valence-electron chi connectivity index (χ2n) is 3.40. The molecule has 2 heterocycles. The number of imidazole rings is 1. The Morgan fingerprint density at radius 1 is 1.21 bits per heavy atom. The largest absolute Gasteiger partial charge is 0.283 e. The van der Waals surface area contributed by atoms with E-state index >= 15 is 0 Å². The van der Waals surface area contributed by atoms with Crippen molar-refractivity contribution < 1.29 is 0 Å². The van der Waals surface area contributed by atoms with E-state index < -0.39 is 0 Å². The highest BCUT2D eigenvalue weighted by molar-refractivity contribution is 5.79. The fourth-order valence-corrected chi connectivity index (χ4v) is 1.65. The molecule has 1 aromatic carbocycles. The van der Waals surface area contributed by atoms with Crippen molar-refractivity contribution in [3.63, 3.8) is 0 Å². The van der Waals surface area contributed by atoms with Gasteiger partial charge in [0, 0.05) is 12.4 Å². The molecule has 0 fully saturated rings. The normalized spacial score (nSPS) is 11.2. The molecule has 68 valence electrons. The summed E-state index contributed by atoms with van der Waals surface area (Å²) in [6.07, 6.45) is 3.89. The summed E-state index contributed by atoms with van der Waals surface area (Å²) in [4.78, 5) is 8.68. The lowest BCUT2D eigenvalue weighted by Crippen LogP contribution is -1.88. The van der Waals surface area contributed by atoms with Gasteiger partial charge in [-0.2, -0.15) is 0 Å². The fraction of sp³-hybridized carbons (Fsp3) is 0.0909. The van der Waals surface area contributed by atoms with Crippen molar-refractivity contribution in [2.24, 2.45) is 0 Å². The highest BCUT2D eigenvalue weighted by Gasteiger charge is 2.03. The maximum atomic E-state index is 4.41. The van der Waals surface area contributed by atoms with Gasteiger partial charge in [-0.15, -0.1) is 0 Å². The van der Waals surface area contributed by atoms with Crippen molar-refractivity contribution in [1.82, 2.24) is 14.4 Å². The topological polar surface area (TPSA) is 30.2 Å². The first-order valence-electron chi connectivity index (χ1n) is 4.54. The molecule has 0 spiro atoms. The first-order chi connectivity index (χ1) is 6.84. The molecule has 0 aliphatic rings. The molecule has 0 saturated carbocycles. The van der Waals surface area contributed by atoms with E-state index in [0.717, 1.165) is 22.4 Å². The summed E-state index contributed by atoms with van der Waals surface area (Å²) in [6, 6.07) is 8.05. The molecule has 3 aromatic rings. The monoisotopic (exact) mass is 183 g/mol. The van der Waals surface area contributed by atoms with Gasteiger partial charge in [0.15, 0.2) is 0 Å². The molecule has 2 aromatic heterocycles. The van der Waals surface area contributed by atoms with Gasteiger partial charge in [0.1, 0.15) is 0 Å². The van der Waals surface area contributed by atoms with Crippen molar-refractivity contribution in [3.8, 4) is 0 Å². The smallest absolute Gasteiger partial charge is 0.234 e. The molecule has 0 bridgehead atoms. The third-order valence-corrected chi connectivity index (χ3v) is 2.29. The van der Waals surface area contributed by atoms with E-state index in [-0.39, 0.29) is 0 Å². The average molecular weight is 183 g/mol. The predicted molar refractivity (Wildman–Crippen MR) is 55.2 cm³/mol. The van der Waals surface area contributed by atoms with Crippen LogP contribution in [0.3, 0.4) is 0 Å². The molecule has 0 aliphatic heterocycles. The summed E-state index contributed by atoms with van der Waals surface area (Å²) in [5.41, 5.74) is 3.24. The molecule has 0 saturated heterocycles. The lowest BCUT2D eigenvalue weighted by atomic mass is 10.3. The number of rotatable bonds is 0. The first-order valence-corrected chi connectivity index (χ1v) is 4.54. The van der Waals surface area contributed by atoms with Crippen LogP contribution in [0.25, 0.3) is 16.8 Å². The van der Waals surface area contributed by atoms with Crippen LogP contribution in [0.5, 0.6) is 0 Å². The van der Waals surface area contributed by atoms with Crippen molar-refractivity contribution in [1.29, 1.82) is 0 Å². The Hall–Kier alpha value is -1.90. The maximum Gasteiger partial charge on any atom is 0.234 e. The minimum atomic E-state index is 0.761. The number of hydrogen-bond donors (Lipinski definition) is 0. The standard InChI is InChI=1S/C11H9N3/c1-8-6-12-11-13-9-4-2-3-5-10(9)14(11)7-8/h2-7H,1H3. The van der Waals surface area contributed by atoms with Gasteiger partial charge >= 0.3 is 0 Å². The minimum absolute atomic E-state index is 0.761. The van der Waals surface area contributed by atoms with Gasteiger partial charge in [-0.05, 0) is 24.6 Å². The van der Waals surface area contributed by atoms with Crippen LogP contribution < -0.4 is 0 Å². The molecule has 3 heteroatoms. The molecule has 0 radical (unpaired) electrons. The summed E-state index contributed by atoms with van der Waals surface area (Å²) in [7, 11) is 0. The number of para-hydroxylation sites is 2. The third-order valence-electron chi connectivity index (χ3n) is 2.29. The Kier molecular flexibility index (Phi) is 1.36. The predicted octanol–water partition coefficient (Wildman–Crippen LogP) is 2.19. The summed E-state index contributed by atoms with van der Waals surface area (Å²) in [6.45, 7) is 2.03. The molecule has 3 rings (SSSR count). The van der Waals surface area contributed by atoms with E-state index in [0.29, 0.717) is 0 Å². The quantitative estimate of drug-likeness (QED) is 0.534. The summed E-state index contributed by atoms with van der Waals surface area (Å²) >= 11 is 0. The van der Waals surface area contributed by atoms with Crippen molar-refractivity contribution in [2.75, 3.05) is 0 Å².